The molecule has 1 fully saturated rings. The number of halogens is 1. The predicted octanol–water partition coefficient (Wildman–Crippen LogP) is 2.44. The van der Waals surface area contributed by atoms with Gasteiger partial charge in [-0.3, -0.25) is 0 Å². The highest BCUT2D eigenvalue weighted by Gasteiger charge is 2.25. The highest BCUT2D eigenvalue weighted by molar-refractivity contribution is 5.85. The maximum atomic E-state index is 9.97. The van der Waals surface area contributed by atoms with Crippen molar-refractivity contribution in [3.8, 4) is 22.6 Å². The molecule has 0 radical (unpaired) electrons. The summed E-state index contributed by atoms with van der Waals surface area (Å²) in [5.41, 5.74) is 3.91. The normalized spacial score (nSPS) is 17.0. The Morgan fingerprint density at radius 3 is 2.68 bits per heavy atom. The van der Waals surface area contributed by atoms with Crippen molar-refractivity contribution in [2.75, 3.05) is 18.0 Å². The van der Waals surface area contributed by atoms with E-state index in [1.54, 1.807) is 0 Å². The summed E-state index contributed by atoms with van der Waals surface area (Å²) in [7, 11) is 0. The predicted molar refractivity (Wildman–Crippen MR) is 101 cm³/mol. The van der Waals surface area contributed by atoms with E-state index in [0.29, 0.717) is 6.54 Å². The van der Waals surface area contributed by atoms with E-state index in [0.717, 1.165) is 53.7 Å². The van der Waals surface area contributed by atoms with E-state index in [9.17, 15) is 5.11 Å². The van der Waals surface area contributed by atoms with Crippen molar-refractivity contribution in [2.45, 2.75) is 25.9 Å². The van der Waals surface area contributed by atoms with Gasteiger partial charge >= 0.3 is 0 Å². The van der Waals surface area contributed by atoms with Crippen LogP contribution in [-0.2, 0) is 0 Å². The Balaban J connectivity index is 0.00000113. The van der Waals surface area contributed by atoms with Gasteiger partial charge in [-0.15, -0.1) is 12.4 Å². The Bertz CT molecular complexity index is 793. The highest BCUT2D eigenvalue weighted by atomic mass is 35.5. The number of nitrogens with zero attached hydrogens (tertiary/aromatic N) is 3. The average molecular weight is 363 g/mol. The quantitative estimate of drug-likeness (QED) is 0.731. The van der Waals surface area contributed by atoms with Crippen LogP contribution in [0.2, 0.25) is 0 Å². The lowest BCUT2D eigenvalue weighted by atomic mass is 10.1. The molecule has 0 bridgehead atoms. The summed E-state index contributed by atoms with van der Waals surface area (Å²) in [6.07, 6.45) is 1.56. The van der Waals surface area contributed by atoms with E-state index in [4.69, 9.17) is 4.98 Å². The van der Waals surface area contributed by atoms with E-state index in [1.807, 2.05) is 25.1 Å². The summed E-state index contributed by atoms with van der Waals surface area (Å²) in [6.45, 7) is 3.49. The average Bonchev–Trinajstić information content (AvgIpc) is 2.98. The third-order valence-corrected chi connectivity index (χ3v) is 4.34. The first-order chi connectivity index (χ1) is 11.2. The fourth-order valence-corrected chi connectivity index (χ4v) is 3.24. The van der Waals surface area contributed by atoms with Crippen molar-refractivity contribution in [1.29, 1.82) is 0 Å². The largest absolute Gasteiger partial charge is 0.412 e. The standard InChI is InChI=1S/C18H20N4O.ClH.H2O/c1-12-19-16-10-15(13-6-3-2-4-7-13)21-17(16)18(20-12)22-9-5-8-14(23)11-22;;/h2-4,6-7,10,14,23H,5,8-9,11H2,1H3,(H,19,20);1H;1H2. The summed E-state index contributed by atoms with van der Waals surface area (Å²) < 4.78 is 0. The summed E-state index contributed by atoms with van der Waals surface area (Å²) in [5.74, 6) is 1.73. The number of hydrogen-bond donors (Lipinski definition) is 2. The van der Waals surface area contributed by atoms with Crippen LogP contribution in [0.4, 0.5) is 5.82 Å². The number of hydrogen-bond acceptors (Lipinski definition) is 4. The molecule has 1 unspecified atom stereocenters. The SMILES string of the molecule is Cc1nc(N2CCCC(O)C2)c2nc(-c3ccccc3)cc-2[nH]1.Cl.O. The van der Waals surface area contributed by atoms with Crippen LogP contribution in [0.1, 0.15) is 18.7 Å². The van der Waals surface area contributed by atoms with Gasteiger partial charge in [-0.1, -0.05) is 30.3 Å². The van der Waals surface area contributed by atoms with Crippen molar-refractivity contribution in [3.63, 3.8) is 0 Å². The van der Waals surface area contributed by atoms with Crippen LogP contribution in [-0.4, -0.2) is 44.7 Å². The minimum Gasteiger partial charge on any atom is -0.412 e. The summed E-state index contributed by atoms with van der Waals surface area (Å²) in [5, 5.41) is 9.97. The summed E-state index contributed by atoms with van der Waals surface area (Å²) in [4.78, 5) is 14.9. The first kappa shape index (κ1) is 19.2. The lowest BCUT2D eigenvalue weighted by Crippen LogP contribution is -2.39. The van der Waals surface area contributed by atoms with E-state index in [-0.39, 0.29) is 24.0 Å². The van der Waals surface area contributed by atoms with Crippen molar-refractivity contribution in [3.05, 3.63) is 42.2 Å². The van der Waals surface area contributed by atoms with Gasteiger partial charge in [0, 0.05) is 18.7 Å². The maximum Gasteiger partial charge on any atom is 0.158 e. The number of aromatic amines is 1. The minimum atomic E-state index is -0.284. The molecule has 0 aromatic heterocycles. The number of anilines is 1. The zero-order valence-electron chi connectivity index (χ0n) is 14.1. The number of aromatic nitrogens is 3. The molecule has 4 rings (SSSR count). The van der Waals surface area contributed by atoms with Gasteiger partial charge in [-0.25, -0.2) is 9.97 Å². The summed E-state index contributed by atoms with van der Waals surface area (Å²) in [6, 6.07) is 12.2. The number of benzene rings is 1. The Morgan fingerprint density at radius 1 is 1.20 bits per heavy atom. The van der Waals surface area contributed by atoms with Gasteiger partial charge in [-0.2, -0.15) is 0 Å². The van der Waals surface area contributed by atoms with Crippen LogP contribution in [0.15, 0.2) is 36.4 Å². The Morgan fingerprint density at radius 2 is 1.96 bits per heavy atom. The maximum absolute atomic E-state index is 9.97. The van der Waals surface area contributed by atoms with Gasteiger partial charge in [0.2, 0.25) is 0 Å². The van der Waals surface area contributed by atoms with E-state index in [1.165, 1.54) is 0 Å². The molecule has 0 aliphatic carbocycles. The number of rotatable bonds is 2. The molecule has 25 heavy (non-hydrogen) atoms. The molecule has 7 heteroatoms. The van der Waals surface area contributed by atoms with Crippen molar-refractivity contribution in [1.82, 2.24) is 15.0 Å². The molecule has 3 aliphatic rings. The smallest absolute Gasteiger partial charge is 0.158 e. The van der Waals surface area contributed by atoms with Gasteiger partial charge in [-0.05, 0) is 25.8 Å². The molecule has 1 aromatic rings. The molecule has 134 valence electrons. The monoisotopic (exact) mass is 362 g/mol. The molecule has 1 aromatic carbocycles. The Labute approximate surface area is 153 Å². The molecule has 3 aliphatic heterocycles. The van der Waals surface area contributed by atoms with Crippen LogP contribution >= 0.6 is 12.4 Å². The summed E-state index contributed by atoms with van der Waals surface area (Å²) >= 11 is 0. The van der Waals surface area contributed by atoms with Crippen LogP contribution in [0.5, 0.6) is 0 Å². The molecule has 1 saturated heterocycles. The van der Waals surface area contributed by atoms with Crippen molar-refractivity contribution in [2.24, 2.45) is 0 Å². The Kier molecular flexibility index (Phi) is 6.00. The zero-order valence-corrected chi connectivity index (χ0v) is 14.9. The van der Waals surface area contributed by atoms with E-state index in [2.05, 4.69) is 33.1 Å². The van der Waals surface area contributed by atoms with Crippen molar-refractivity contribution < 1.29 is 10.6 Å². The molecular weight excluding hydrogens is 340 g/mol. The topological polar surface area (TPSA) is 96.5 Å². The molecular formula is C18H23ClN4O2. The van der Waals surface area contributed by atoms with Crippen LogP contribution < -0.4 is 4.90 Å². The Hall–Kier alpha value is -2.15. The number of piperidine rings is 1. The van der Waals surface area contributed by atoms with Crippen molar-refractivity contribution >= 4 is 18.2 Å². The molecule has 3 heterocycles. The second-order valence-corrected chi connectivity index (χ2v) is 6.16. The second-order valence-electron chi connectivity index (χ2n) is 6.16. The first-order valence-corrected chi connectivity index (χ1v) is 8.06. The zero-order chi connectivity index (χ0) is 15.8. The van der Waals surface area contributed by atoms with Gasteiger partial charge in [0.15, 0.2) is 5.82 Å². The van der Waals surface area contributed by atoms with E-state index < -0.39 is 0 Å². The highest BCUT2D eigenvalue weighted by Crippen LogP contribution is 2.34. The lowest BCUT2D eigenvalue weighted by Gasteiger charge is -2.31. The molecule has 6 nitrogen and oxygen atoms in total. The third-order valence-electron chi connectivity index (χ3n) is 4.34. The van der Waals surface area contributed by atoms with Gasteiger partial charge in [0.1, 0.15) is 11.5 Å². The number of fused-ring (bicyclic) bond motifs is 1. The number of nitrogens with one attached hydrogen (secondary N) is 1. The lowest BCUT2D eigenvalue weighted by molar-refractivity contribution is 0.154. The molecule has 1 atom stereocenters. The molecule has 0 saturated carbocycles. The number of β-amino-alcohol motifs (C(OH)–C–C–N with tert-alkyl or cyclic N) is 1. The van der Waals surface area contributed by atoms with Crippen LogP contribution in [0, 0.1) is 6.92 Å². The second kappa shape index (κ2) is 7.82. The number of aliphatic hydroxyl groups is 1. The molecule has 0 spiro atoms. The van der Waals surface area contributed by atoms with E-state index >= 15 is 0 Å². The minimum absolute atomic E-state index is 0. The fourth-order valence-electron chi connectivity index (χ4n) is 3.24. The van der Waals surface area contributed by atoms with Crippen LogP contribution in [0.25, 0.3) is 22.6 Å². The first-order valence-electron chi connectivity index (χ1n) is 8.06. The van der Waals surface area contributed by atoms with Gasteiger partial charge in [0.25, 0.3) is 0 Å². The molecule has 4 N–H and O–H groups in total. The third kappa shape index (κ3) is 3.76. The van der Waals surface area contributed by atoms with Gasteiger partial charge in [0.05, 0.1) is 17.5 Å². The fraction of sp³-hybridized carbons (Fsp3) is 0.333. The number of aliphatic hydroxyl groups excluding tert-OH is 1. The number of H-pyrrole nitrogens is 1. The van der Waals surface area contributed by atoms with Crippen LogP contribution in [0.3, 0.4) is 0 Å². The van der Waals surface area contributed by atoms with Gasteiger partial charge < -0.3 is 20.5 Å². The molecule has 0 amide bonds. The number of aryl methyl sites for hydroxylation is 1.